The van der Waals surface area contributed by atoms with Crippen molar-refractivity contribution in [3.8, 4) is 0 Å². The highest BCUT2D eigenvalue weighted by Crippen LogP contribution is 2.49. The molecule has 4 rings (SSSR count). The zero-order valence-corrected chi connectivity index (χ0v) is 19.6. The number of unbranched alkanes of at least 4 members (excludes halogenated alkanes) is 1. The molecule has 16 heteroatoms. The van der Waals surface area contributed by atoms with Crippen LogP contribution in [0.5, 0.6) is 0 Å². The molecular weight excluding hydrogens is 527 g/mol. The summed E-state index contributed by atoms with van der Waals surface area (Å²) in [5, 5.41) is 14.6. The molecule has 9 nitrogen and oxygen atoms in total. The van der Waals surface area contributed by atoms with Crippen molar-refractivity contribution in [2.75, 3.05) is 0 Å². The number of nitrogens with one attached hydrogen (secondary N) is 2. The number of aromatic nitrogens is 6. The molecule has 3 aromatic rings. The fraction of sp³-hybridized carbons (Fsp3) is 0.409. The first kappa shape index (κ1) is 27.1. The van der Waals surface area contributed by atoms with Crippen molar-refractivity contribution in [2.45, 2.75) is 50.0 Å². The zero-order valence-electron chi connectivity index (χ0n) is 19.6. The lowest BCUT2D eigenvalue weighted by atomic mass is 9.78. The Morgan fingerprint density at radius 2 is 1.82 bits per heavy atom. The zero-order chi connectivity index (χ0) is 27.9. The minimum atomic E-state index is -5.22. The third kappa shape index (κ3) is 5.19. The molecule has 0 saturated carbocycles. The number of hydrogen-bond donors (Lipinski definition) is 2. The van der Waals surface area contributed by atoms with Crippen LogP contribution in [-0.2, 0) is 23.8 Å². The summed E-state index contributed by atoms with van der Waals surface area (Å²) in [6.07, 6.45) is -10.4. The van der Waals surface area contributed by atoms with Gasteiger partial charge in [0.25, 0.3) is 5.91 Å². The van der Waals surface area contributed by atoms with Crippen LogP contribution >= 0.6 is 0 Å². The summed E-state index contributed by atoms with van der Waals surface area (Å²) in [6.45, 7) is 0. The van der Waals surface area contributed by atoms with Gasteiger partial charge < -0.3 is 5.32 Å². The van der Waals surface area contributed by atoms with E-state index in [1.807, 2.05) is 10.4 Å². The molecule has 1 aliphatic rings. The quantitative estimate of drug-likeness (QED) is 0.348. The molecule has 3 heterocycles. The SMILES string of the molecule is Cn1ccc(C2=C(n3nn[nH]c3=O)C(=O)N[C@@](c3ccc(CCCCC(F)(F)F)cc3F)(C(F)(F)F)C2)n1. The van der Waals surface area contributed by atoms with Crippen molar-refractivity contribution in [2.24, 2.45) is 7.05 Å². The molecule has 0 radical (unpaired) electrons. The minimum absolute atomic E-state index is 0.0109. The van der Waals surface area contributed by atoms with Crippen LogP contribution in [-0.4, -0.2) is 48.2 Å². The normalized spacial score (nSPS) is 18.7. The van der Waals surface area contributed by atoms with E-state index in [4.69, 9.17) is 0 Å². The predicted octanol–water partition coefficient (Wildman–Crippen LogP) is 3.46. The first-order valence-corrected chi connectivity index (χ1v) is 11.2. The lowest BCUT2D eigenvalue weighted by Crippen LogP contribution is -2.59. The van der Waals surface area contributed by atoms with Crippen LogP contribution in [0.4, 0.5) is 30.7 Å². The van der Waals surface area contributed by atoms with E-state index in [9.17, 15) is 35.9 Å². The second kappa shape index (κ2) is 9.72. The van der Waals surface area contributed by atoms with Gasteiger partial charge in [0.15, 0.2) is 5.54 Å². The number of rotatable bonds is 7. The third-order valence-corrected chi connectivity index (χ3v) is 6.13. The van der Waals surface area contributed by atoms with Crippen molar-refractivity contribution in [1.29, 1.82) is 0 Å². The fourth-order valence-electron chi connectivity index (χ4n) is 4.34. The summed E-state index contributed by atoms with van der Waals surface area (Å²) in [5.74, 6) is -2.68. The fourth-order valence-corrected chi connectivity index (χ4v) is 4.34. The standard InChI is InChI=1S/C22H20F7N7O2/c1-35-9-7-16(32-35)13-11-20(22(27,28)29,30-18(37)17(13)36-19(38)31-33-34-36)14-6-5-12(10-15(14)23)4-2-3-8-21(24,25)26/h5-7,9-10H,2-4,8,11H2,1H3,(H,30,37)(H,31,34,38)/t20-/m0/s1. The van der Waals surface area contributed by atoms with E-state index < -0.39 is 59.4 Å². The molecule has 0 aliphatic carbocycles. The molecular formula is C22H20F7N7O2. The molecule has 38 heavy (non-hydrogen) atoms. The molecule has 204 valence electrons. The Kier molecular flexibility index (Phi) is 6.92. The first-order chi connectivity index (χ1) is 17.7. The van der Waals surface area contributed by atoms with Crippen molar-refractivity contribution < 1.29 is 35.5 Å². The number of alkyl halides is 6. The van der Waals surface area contributed by atoms with Crippen LogP contribution in [0.25, 0.3) is 11.3 Å². The van der Waals surface area contributed by atoms with E-state index in [0.717, 1.165) is 12.1 Å². The molecule has 0 unspecified atom stereocenters. The Morgan fingerprint density at radius 1 is 1.08 bits per heavy atom. The smallest absolute Gasteiger partial charge is 0.332 e. The van der Waals surface area contributed by atoms with E-state index in [1.54, 1.807) is 0 Å². The third-order valence-electron chi connectivity index (χ3n) is 6.13. The average molecular weight is 547 g/mol. The molecule has 2 N–H and O–H groups in total. The molecule has 1 amide bonds. The topological polar surface area (TPSA) is 110 Å². The largest absolute Gasteiger partial charge is 0.416 e. The van der Waals surface area contributed by atoms with E-state index in [-0.39, 0.29) is 36.1 Å². The average Bonchev–Trinajstić information content (AvgIpc) is 3.43. The number of halogens is 7. The monoisotopic (exact) mass is 547 g/mol. The number of amides is 1. The van der Waals surface area contributed by atoms with Gasteiger partial charge in [-0.25, -0.2) is 14.3 Å². The summed E-state index contributed by atoms with van der Waals surface area (Å²) in [5.41, 5.74) is -5.94. The second-order valence-corrected chi connectivity index (χ2v) is 8.79. The summed E-state index contributed by atoms with van der Waals surface area (Å²) >= 11 is 0. The van der Waals surface area contributed by atoms with Crippen molar-refractivity contribution >= 4 is 17.2 Å². The van der Waals surface area contributed by atoms with Gasteiger partial charge >= 0.3 is 18.0 Å². The van der Waals surface area contributed by atoms with E-state index >= 15 is 4.39 Å². The van der Waals surface area contributed by atoms with Crippen LogP contribution in [0.1, 0.15) is 42.5 Å². The maximum absolute atomic E-state index is 15.3. The van der Waals surface area contributed by atoms with Crippen LogP contribution in [0, 0.1) is 5.82 Å². The highest BCUT2D eigenvalue weighted by Gasteiger charge is 2.61. The summed E-state index contributed by atoms with van der Waals surface area (Å²) in [4.78, 5) is 25.3. The number of aromatic amines is 1. The molecule has 0 bridgehead atoms. The van der Waals surface area contributed by atoms with Gasteiger partial charge in [0, 0.05) is 37.2 Å². The number of H-pyrrole nitrogens is 1. The Bertz CT molecular complexity index is 1430. The van der Waals surface area contributed by atoms with Gasteiger partial charge in [0.2, 0.25) is 0 Å². The summed E-state index contributed by atoms with van der Waals surface area (Å²) in [6, 6.07) is 4.16. The van der Waals surface area contributed by atoms with Gasteiger partial charge in [0.05, 0.1) is 5.69 Å². The van der Waals surface area contributed by atoms with Crippen molar-refractivity contribution in [1.82, 2.24) is 35.3 Å². The molecule has 1 atom stereocenters. The number of hydrogen-bond acceptors (Lipinski definition) is 5. The number of benzene rings is 1. The molecule has 0 saturated heterocycles. The molecule has 1 aromatic carbocycles. The summed E-state index contributed by atoms with van der Waals surface area (Å²) in [7, 11) is 1.49. The Balaban J connectivity index is 1.77. The maximum atomic E-state index is 15.3. The van der Waals surface area contributed by atoms with Crippen LogP contribution in [0.15, 0.2) is 35.3 Å². The minimum Gasteiger partial charge on any atom is -0.332 e. The van der Waals surface area contributed by atoms with Crippen LogP contribution in [0.2, 0.25) is 0 Å². The van der Waals surface area contributed by atoms with Gasteiger partial charge in [-0.3, -0.25) is 9.48 Å². The Labute approximate surface area is 209 Å². The maximum Gasteiger partial charge on any atom is 0.416 e. The highest BCUT2D eigenvalue weighted by atomic mass is 19.4. The number of aryl methyl sites for hydroxylation is 2. The highest BCUT2D eigenvalue weighted by molar-refractivity contribution is 6.22. The first-order valence-electron chi connectivity index (χ1n) is 11.2. The number of tetrazole rings is 1. The van der Waals surface area contributed by atoms with Crippen LogP contribution in [0.3, 0.4) is 0 Å². The predicted molar refractivity (Wildman–Crippen MR) is 117 cm³/mol. The van der Waals surface area contributed by atoms with Gasteiger partial charge in [0.1, 0.15) is 11.5 Å². The molecule has 0 fully saturated rings. The van der Waals surface area contributed by atoms with Gasteiger partial charge in [-0.15, -0.1) is 0 Å². The second-order valence-electron chi connectivity index (χ2n) is 8.79. The number of nitrogens with zero attached hydrogens (tertiary/aromatic N) is 5. The summed E-state index contributed by atoms with van der Waals surface area (Å²) < 4.78 is 98.1. The molecule has 1 aliphatic heterocycles. The lowest BCUT2D eigenvalue weighted by molar-refractivity contribution is -0.202. The van der Waals surface area contributed by atoms with E-state index in [2.05, 4.69) is 15.5 Å². The molecule has 0 spiro atoms. The number of carbonyl (C=O) groups excluding carboxylic acids is 1. The molecule has 2 aromatic heterocycles. The number of carbonyl (C=O) groups is 1. The Morgan fingerprint density at radius 3 is 2.37 bits per heavy atom. The van der Waals surface area contributed by atoms with Crippen molar-refractivity contribution in [3.05, 3.63) is 63.6 Å². The van der Waals surface area contributed by atoms with E-state index in [1.165, 1.54) is 30.1 Å². The van der Waals surface area contributed by atoms with Gasteiger partial charge in [-0.05, 0) is 47.4 Å². The van der Waals surface area contributed by atoms with Crippen LogP contribution < -0.4 is 11.0 Å². The lowest BCUT2D eigenvalue weighted by Gasteiger charge is -2.41. The van der Waals surface area contributed by atoms with Gasteiger partial charge in [-0.1, -0.05) is 12.1 Å². The van der Waals surface area contributed by atoms with E-state index in [0.29, 0.717) is 4.68 Å². The Hall–Kier alpha value is -3.98. The van der Waals surface area contributed by atoms with Gasteiger partial charge in [-0.2, -0.15) is 36.1 Å². The van der Waals surface area contributed by atoms with Crippen molar-refractivity contribution in [3.63, 3.8) is 0 Å².